The maximum absolute atomic E-state index is 13.3. The fraction of sp³-hybridized carbons (Fsp3) is 0.0667. The zero-order valence-electron chi connectivity index (χ0n) is 12.2. The molecule has 126 valence electrons. The molecule has 25 heavy (non-hydrogen) atoms. The third kappa shape index (κ3) is 3.32. The first-order valence-electron chi connectivity index (χ1n) is 6.66. The molecule has 0 spiro atoms. The fourth-order valence-corrected chi connectivity index (χ4v) is 2.42. The van der Waals surface area contributed by atoms with Crippen LogP contribution in [-0.4, -0.2) is 15.1 Å². The van der Waals surface area contributed by atoms with E-state index in [1.807, 2.05) is 0 Å². The van der Waals surface area contributed by atoms with E-state index in [2.05, 4.69) is 31.1 Å². The summed E-state index contributed by atoms with van der Waals surface area (Å²) < 4.78 is 45.3. The number of nitriles is 1. The Morgan fingerprint density at radius 3 is 2.68 bits per heavy atom. The van der Waals surface area contributed by atoms with E-state index in [0.29, 0.717) is 4.60 Å². The van der Waals surface area contributed by atoms with E-state index >= 15 is 0 Å². The van der Waals surface area contributed by atoms with Crippen molar-refractivity contribution in [2.45, 2.75) is 6.18 Å². The highest BCUT2D eigenvalue weighted by molar-refractivity contribution is 9.10. The second-order valence-electron chi connectivity index (χ2n) is 4.87. The van der Waals surface area contributed by atoms with E-state index in [0.717, 1.165) is 6.07 Å². The number of nitrogen functional groups attached to an aromatic ring is 1. The zero-order valence-corrected chi connectivity index (χ0v) is 13.8. The van der Waals surface area contributed by atoms with Gasteiger partial charge in [0.25, 0.3) is 0 Å². The van der Waals surface area contributed by atoms with Crippen LogP contribution in [0.3, 0.4) is 0 Å². The average molecular weight is 410 g/mol. The summed E-state index contributed by atoms with van der Waals surface area (Å²) in [6, 6.07) is 6.16. The van der Waals surface area contributed by atoms with Crippen LogP contribution in [0.25, 0.3) is 22.7 Å². The predicted octanol–water partition coefficient (Wildman–Crippen LogP) is 4.03. The number of benzene rings is 1. The molecule has 0 fully saturated rings. The first kappa shape index (κ1) is 16.9. The highest BCUT2D eigenvalue weighted by Crippen LogP contribution is 2.38. The molecular weight excluding hydrogens is 403 g/mol. The van der Waals surface area contributed by atoms with Crippen molar-refractivity contribution in [3.63, 3.8) is 0 Å². The summed E-state index contributed by atoms with van der Waals surface area (Å²) in [7, 11) is 0. The van der Waals surface area contributed by atoms with Crippen LogP contribution in [0, 0.1) is 11.3 Å². The SMILES string of the molecule is N#Cc1ccc(-c2cc(-c3nc(Br)cnc3N)on2)c(C(F)(F)F)c1. The van der Waals surface area contributed by atoms with Crippen LogP contribution in [-0.2, 0) is 6.18 Å². The lowest BCUT2D eigenvalue weighted by molar-refractivity contribution is -0.137. The van der Waals surface area contributed by atoms with E-state index in [-0.39, 0.29) is 34.1 Å². The number of rotatable bonds is 2. The molecule has 3 aromatic rings. The normalized spacial score (nSPS) is 11.3. The summed E-state index contributed by atoms with van der Waals surface area (Å²) in [6.45, 7) is 0. The Bertz CT molecular complexity index is 994. The summed E-state index contributed by atoms with van der Waals surface area (Å²) in [5.41, 5.74) is 4.48. The minimum Gasteiger partial charge on any atom is -0.382 e. The third-order valence-corrected chi connectivity index (χ3v) is 3.63. The molecule has 0 bridgehead atoms. The third-order valence-electron chi connectivity index (χ3n) is 3.24. The molecule has 0 aliphatic heterocycles. The highest BCUT2D eigenvalue weighted by atomic mass is 79.9. The molecule has 6 nitrogen and oxygen atoms in total. The Kier molecular flexibility index (Phi) is 4.18. The van der Waals surface area contributed by atoms with Gasteiger partial charge >= 0.3 is 6.18 Å². The number of nitrogens with zero attached hydrogens (tertiary/aromatic N) is 4. The van der Waals surface area contributed by atoms with Gasteiger partial charge < -0.3 is 10.3 Å². The highest BCUT2D eigenvalue weighted by Gasteiger charge is 2.35. The first-order chi connectivity index (χ1) is 11.8. The lowest BCUT2D eigenvalue weighted by Crippen LogP contribution is -2.07. The van der Waals surface area contributed by atoms with Crippen LogP contribution >= 0.6 is 15.9 Å². The Hall–Kier alpha value is -2.93. The summed E-state index contributed by atoms with van der Waals surface area (Å²) in [5.74, 6) is 0.112. The van der Waals surface area contributed by atoms with Crippen molar-refractivity contribution in [2.24, 2.45) is 0 Å². The van der Waals surface area contributed by atoms with E-state index in [1.54, 1.807) is 6.07 Å². The molecule has 1 aromatic carbocycles. The number of aromatic nitrogens is 3. The number of hydrogen-bond acceptors (Lipinski definition) is 6. The standard InChI is InChI=1S/C15H7BrF3N5O/c16-12-6-22-14(21)13(23-12)11-4-10(24-25-11)8-2-1-7(5-20)3-9(8)15(17,18)19/h1-4,6H,(H2,21,22). The maximum atomic E-state index is 13.3. The Balaban J connectivity index is 2.12. The summed E-state index contributed by atoms with van der Waals surface area (Å²) >= 11 is 3.13. The molecule has 10 heteroatoms. The van der Waals surface area contributed by atoms with Gasteiger partial charge in [0.05, 0.1) is 23.4 Å². The second kappa shape index (κ2) is 6.18. The van der Waals surface area contributed by atoms with Crippen LogP contribution in [0.1, 0.15) is 11.1 Å². The molecule has 0 radical (unpaired) electrons. The van der Waals surface area contributed by atoms with Gasteiger partial charge in [0.1, 0.15) is 10.3 Å². The summed E-state index contributed by atoms with van der Waals surface area (Å²) in [4.78, 5) is 7.96. The van der Waals surface area contributed by atoms with Crippen molar-refractivity contribution in [3.05, 3.63) is 46.2 Å². The van der Waals surface area contributed by atoms with Crippen LogP contribution in [0.2, 0.25) is 0 Å². The van der Waals surface area contributed by atoms with Crippen molar-refractivity contribution in [3.8, 4) is 28.8 Å². The predicted molar refractivity (Wildman–Crippen MR) is 84.8 cm³/mol. The molecule has 0 amide bonds. The van der Waals surface area contributed by atoms with E-state index in [1.165, 1.54) is 24.4 Å². The Morgan fingerprint density at radius 2 is 2.00 bits per heavy atom. The quantitative estimate of drug-likeness (QED) is 0.685. The molecule has 0 aliphatic carbocycles. The minimum absolute atomic E-state index is 0.0433. The van der Waals surface area contributed by atoms with Crippen molar-refractivity contribution >= 4 is 21.7 Å². The number of alkyl halides is 3. The Labute approximate surface area is 147 Å². The van der Waals surface area contributed by atoms with E-state index in [9.17, 15) is 13.2 Å². The van der Waals surface area contributed by atoms with Crippen LogP contribution in [0.4, 0.5) is 19.0 Å². The van der Waals surface area contributed by atoms with Gasteiger partial charge in [-0.15, -0.1) is 0 Å². The molecule has 2 heterocycles. The van der Waals surface area contributed by atoms with Crippen LogP contribution in [0.5, 0.6) is 0 Å². The van der Waals surface area contributed by atoms with Crippen LogP contribution < -0.4 is 5.73 Å². The van der Waals surface area contributed by atoms with Crippen molar-refractivity contribution in [1.82, 2.24) is 15.1 Å². The lowest BCUT2D eigenvalue weighted by Gasteiger charge is -2.11. The van der Waals surface area contributed by atoms with Crippen molar-refractivity contribution < 1.29 is 17.7 Å². The first-order valence-corrected chi connectivity index (χ1v) is 7.45. The van der Waals surface area contributed by atoms with Gasteiger partial charge in [0.15, 0.2) is 17.3 Å². The topological polar surface area (TPSA) is 102 Å². The Morgan fingerprint density at radius 1 is 1.24 bits per heavy atom. The average Bonchev–Trinajstić information content (AvgIpc) is 3.05. The molecule has 0 aliphatic rings. The zero-order chi connectivity index (χ0) is 18.2. The number of hydrogen-bond donors (Lipinski definition) is 1. The molecule has 2 N–H and O–H groups in total. The monoisotopic (exact) mass is 409 g/mol. The molecule has 0 saturated carbocycles. The maximum Gasteiger partial charge on any atom is 0.417 e. The number of nitrogens with two attached hydrogens (primary N) is 1. The largest absolute Gasteiger partial charge is 0.417 e. The number of anilines is 1. The molecule has 0 unspecified atom stereocenters. The minimum atomic E-state index is -4.66. The lowest BCUT2D eigenvalue weighted by atomic mass is 10.0. The van der Waals surface area contributed by atoms with E-state index < -0.39 is 11.7 Å². The molecular formula is C15H7BrF3N5O. The van der Waals surface area contributed by atoms with Gasteiger partial charge in [-0.3, -0.25) is 0 Å². The van der Waals surface area contributed by atoms with Gasteiger partial charge in [-0.2, -0.15) is 18.4 Å². The van der Waals surface area contributed by atoms with Gasteiger partial charge in [0, 0.05) is 11.6 Å². The van der Waals surface area contributed by atoms with Crippen LogP contribution in [0.15, 0.2) is 39.6 Å². The van der Waals surface area contributed by atoms with Gasteiger partial charge in [-0.05, 0) is 28.1 Å². The molecule has 0 saturated heterocycles. The van der Waals surface area contributed by atoms with Gasteiger partial charge in [-0.1, -0.05) is 11.2 Å². The van der Waals surface area contributed by atoms with Crippen molar-refractivity contribution in [2.75, 3.05) is 5.73 Å². The smallest absolute Gasteiger partial charge is 0.382 e. The van der Waals surface area contributed by atoms with E-state index in [4.69, 9.17) is 15.5 Å². The summed E-state index contributed by atoms with van der Waals surface area (Å²) in [5, 5.41) is 12.5. The van der Waals surface area contributed by atoms with Gasteiger partial charge in [-0.25, -0.2) is 9.97 Å². The van der Waals surface area contributed by atoms with Crippen molar-refractivity contribution in [1.29, 1.82) is 5.26 Å². The van der Waals surface area contributed by atoms with Gasteiger partial charge in [0.2, 0.25) is 0 Å². The fourth-order valence-electron chi connectivity index (χ4n) is 2.14. The summed E-state index contributed by atoms with van der Waals surface area (Å²) in [6.07, 6.45) is -3.28. The molecule has 0 atom stereocenters. The molecule has 2 aromatic heterocycles. The number of halogens is 4. The molecule has 3 rings (SSSR count). The second-order valence-corrected chi connectivity index (χ2v) is 5.69.